The maximum atomic E-state index is 12.6. The minimum absolute atomic E-state index is 0.0713. The first-order valence-corrected chi connectivity index (χ1v) is 7.88. The van der Waals surface area contributed by atoms with Crippen molar-refractivity contribution >= 4 is 16.8 Å². The zero-order chi connectivity index (χ0) is 18.3. The van der Waals surface area contributed by atoms with E-state index in [0.717, 1.165) is 5.69 Å². The molecule has 2 aromatic carbocycles. The van der Waals surface area contributed by atoms with E-state index in [2.05, 4.69) is 5.10 Å². The average molecular weight is 347 g/mol. The van der Waals surface area contributed by atoms with Gasteiger partial charge in [0.25, 0.3) is 5.69 Å². The first kappa shape index (κ1) is 15.8. The van der Waals surface area contributed by atoms with Crippen molar-refractivity contribution in [2.75, 3.05) is 0 Å². The number of nitro benzene ring substituents is 1. The van der Waals surface area contributed by atoms with E-state index in [-0.39, 0.29) is 16.9 Å². The first-order valence-electron chi connectivity index (χ1n) is 7.88. The van der Waals surface area contributed by atoms with Gasteiger partial charge in [-0.25, -0.2) is 0 Å². The molecular weight excluding hydrogens is 334 g/mol. The third kappa shape index (κ3) is 2.55. The van der Waals surface area contributed by atoms with Crippen LogP contribution in [0, 0.1) is 17.0 Å². The van der Waals surface area contributed by atoms with Crippen molar-refractivity contribution in [3.8, 4) is 17.0 Å². The Morgan fingerprint density at radius 3 is 2.58 bits per heavy atom. The summed E-state index contributed by atoms with van der Waals surface area (Å²) in [7, 11) is 0. The number of nitro groups is 1. The molecule has 0 amide bonds. The summed E-state index contributed by atoms with van der Waals surface area (Å²) in [5, 5.41) is 15.8. The van der Waals surface area contributed by atoms with Gasteiger partial charge in [-0.05, 0) is 19.1 Å². The summed E-state index contributed by atoms with van der Waals surface area (Å²) in [6, 6.07) is 16.6. The van der Waals surface area contributed by atoms with Crippen molar-refractivity contribution in [1.82, 2.24) is 9.78 Å². The fourth-order valence-electron chi connectivity index (χ4n) is 2.87. The van der Waals surface area contributed by atoms with Gasteiger partial charge in [0.1, 0.15) is 11.1 Å². The van der Waals surface area contributed by atoms with Gasteiger partial charge in [-0.15, -0.1) is 0 Å². The Morgan fingerprint density at radius 1 is 1.08 bits per heavy atom. The monoisotopic (exact) mass is 347 g/mol. The second-order valence-corrected chi connectivity index (χ2v) is 5.80. The third-order valence-electron chi connectivity index (χ3n) is 4.08. The number of rotatable bonds is 3. The Kier molecular flexibility index (Phi) is 3.62. The van der Waals surface area contributed by atoms with E-state index in [1.54, 1.807) is 23.7 Å². The molecule has 4 rings (SSSR count). The zero-order valence-corrected chi connectivity index (χ0v) is 13.7. The van der Waals surface area contributed by atoms with Crippen LogP contribution in [0.2, 0.25) is 0 Å². The normalized spacial score (nSPS) is 11.0. The van der Waals surface area contributed by atoms with E-state index in [1.165, 1.54) is 18.2 Å². The molecule has 0 N–H and O–H groups in total. The molecule has 7 nitrogen and oxygen atoms in total. The lowest BCUT2D eigenvalue weighted by Crippen LogP contribution is -2.02. The van der Waals surface area contributed by atoms with Crippen LogP contribution in [0.1, 0.15) is 5.69 Å². The first-order chi connectivity index (χ1) is 12.5. The Bertz CT molecular complexity index is 1190. The Morgan fingerprint density at radius 2 is 1.85 bits per heavy atom. The molecule has 26 heavy (non-hydrogen) atoms. The van der Waals surface area contributed by atoms with Crippen molar-refractivity contribution in [2.45, 2.75) is 6.92 Å². The van der Waals surface area contributed by atoms with Crippen molar-refractivity contribution in [2.24, 2.45) is 0 Å². The number of non-ortho nitro benzene ring substituents is 1. The van der Waals surface area contributed by atoms with Gasteiger partial charge in [0.2, 0.25) is 5.71 Å². The number of para-hydroxylation sites is 1. The predicted molar refractivity (Wildman–Crippen MR) is 96.4 cm³/mol. The number of fused-ring (bicyclic) bond motifs is 1. The minimum Gasteiger partial charge on any atom is -0.437 e. The van der Waals surface area contributed by atoms with Gasteiger partial charge in [-0.1, -0.05) is 30.3 Å². The molecule has 0 saturated carbocycles. The van der Waals surface area contributed by atoms with Crippen LogP contribution in [-0.4, -0.2) is 14.7 Å². The third-order valence-corrected chi connectivity index (χ3v) is 4.08. The molecule has 0 unspecified atom stereocenters. The number of benzene rings is 2. The van der Waals surface area contributed by atoms with Crippen LogP contribution < -0.4 is 5.43 Å². The summed E-state index contributed by atoms with van der Waals surface area (Å²) in [6.45, 7) is 1.74. The molecule has 7 heteroatoms. The maximum Gasteiger partial charge on any atom is 0.270 e. The summed E-state index contributed by atoms with van der Waals surface area (Å²) in [5.74, 6) is 0.253. The van der Waals surface area contributed by atoms with Crippen LogP contribution in [0.5, 0.6) is 0 Å². The highest BCUT2D eigenvalue weighted by Crippen LogP contribution is 2.27. The molecule has 0 spiro atoms. The molecule has 0 aliphatic heterocycles. The lowest BCUT2D eigenvalue weighted by molar-refractivity contribution is -0.384. The van der Waals surface area contributed by atoms with Gasteiger partial charge in [0.15, 0.2) is 5.43 Å². The van der Waals surface area contributed by atoms with E-state index in [1.807, 2.05) is 30.3 Å². The molecule has 0 atom stereocenters. The molecule has 2 aromatic heterocycles. The van der Waals surface area contributed by atoms with Crippen molar-refractivity contribution < 1.29 is 9.34 Å². The average Bonchev–Trinajstić information content (AvgIpc) is 2.99. The molecule has 2 heterocycles. The summed E-state index contributed by atoms with van der Waals surface area (Å²) >= 11 is 0. The summed E-state index contributed by atoms with van der Waals surface area (Å²) in [4.78, 5) is 23.1. The lowest BCUT2D eigenvalue weighted by atomic mass is 10.1. The van der Waals surface area contributed by atoms with E-state index in [9.17, 15) is 14.9 Å². The van der Waals surface area contributed by atoms with Gasteiger partial charge in [0.05, 0.1) is 16.3 Å². The van der Waals surface area contributed by atoms with Crippen molar-refractivity contribution in [3.05, 3.63) is 86.7 Å². The zero-order valence-electron chi connectivity index (χ0n) is 13.7. The van der Waals surface area contributed by atoms with Crippen LogP contribution in [0.3, 0.4) is 0 Å². The second kappa shape index (κ2) is 5.96. The fourth-order valence-corrected chi connectivity index (χ4v) is 2.87. The summed E-state index contributed by atoms with van der Waals surface area (Å²) < 4.78 is 7.51. The number of nitrogens with zero attached hydrogens (tertiary/aromatic N) is 3. The van der Waals surface area contributed by atoms with Gasteiger partial charge in [0, 0.05) is 23.8 Å². The highest BCUT2D eigenvalue weighted by Gasteiger charge is 2.17. The van der Waals surface area contributed by atoms with E-state index in [4.69, 9.17) is 4.42 Å². The molecule has 0 bridgehead atoms. The molecule has 0 aliphatic rings. The molecule has 0 saturated heterocycles. The highest BCUT2D eigenvalue weighted by atomic mass is 16.6. The van der Waals surface area contributed by atoms with Crippen molar-refractivity contribution in [1.29, 1.82) is 0 Å². The SMILES string of the molecule is Cc1nn(-c2ccccc2)c2oc(-c3cccc([N+](=O)[O-])c3)cc(=O)c12. The summed E-state index contributed by atoms with van der Waals surface area (Å²) in [5.41, 5.74) is 1.76. The highest BCUT2D eigenvalue weighted by molar-refractivity contribution is 5.80. The van der Waals surface area contributed by atoms with Gasteiger partial charge in [-0.2, -0.15) is 9.78 Å². The standard InChI is InChI=1S/C19H13N3O4/c1-12-18-16(23)11-17(13-6-5-9-15(10-13)22(24)25)26-19(18)21(20-12)14-7-3-2-4-8-14/h2-11H,1H3. The Balaban J connectivity index is 1.98. The molecule has 128 valence electrons. The van der Waals surface area contributed by atoms with Gasteiger partial charge >= 0.3 is 0 Å². The molecule has 0 radical (unpaired) electrons. The van der Waals surface area contributed by atoms with E-state index in [0.29, 0.717) is 22.4 Å². The molecule has 0 fully saturated rings. The van der Waals surface area contributed by atoms with E-state index >= 15 is 0 Å². The number of hydrogen-bond acceptors (Lipinski definition) is 5. The topological polar surface area (TPSA) is 91.2 Å². The molecular formula is C19H13N3O4. The smallest absolute Gasteiger partial charge is 0.270 e. The van der Waals surface area contributed by atoms with Gasteiger partial charge in [-0.3, -0.25) is 14.9 Å². The predicted octanol–water partition coefficient (Wildman–Crippen LogP) is 3.86. The number of aryl methyl sites for hydroxylation is 1. The molecule has 4 aromatic rings. The van der Waals surface area contributed by atoms with Crippen LogP contribution in [0.15, 0.2) is 69.9 Å². The lowest BCUT2D eigenvalue weighted by Gasteiger charge is -2.04. The number of aromatic nitrogens is 2. The van der Waals surface area contributed by atoms with E-state index < -0.39 is 4.92 Å². The largest absolute Gasteiger partial charge is 0.437 e. The summed E-state index contributed by atoms with van der Waals surface area (Å²) in [6.07, 6.45) is 0. The maximum absolute atomic E-state index is 12.6. The number of hydrogen-bond donors (Lipinski definition) is 0. The van der Waals surface area contributed by atoms with Crippen LogP contribution in [0.4, 0.5) is 5.69 Å². The van der Waals surface area contributed by atoms with Crippen molar-refractivity contribution in [3.63, 3.8) is 0 Å². The van der Waals surface area contributed by atoms with Crippen LogP contribution >= 0.6 is 0 Å². The second-order valence-electron chi connectivity index (χ2n) is 5.80. The van der Waals surface area contributed by atoms with Crippen LogP contribution in [-0.2, 0) is 0 Å². The van der Waals surface area contributed by atoms with Crippen LogP contribution in [0.25, 0.3) is 28.1 Å². The quantitative estimate of drug-likeness (QED) is 0.414. The minimum atomic E-state index is -0.488. The Hall–Kier alpha value is -3.74. The fraction of sp³-hybridized carbons (Fsp3) is 0.0526. The van der Waals surface area contributed by atoms with Gasteiger partial charge < -0.3 is 4.42 Å². The molecule has 0 aliphatic carbocycles. The Labute approximate surface area is 147 Å².